The Kier molecular flexibility index (Phi) is 3.54. The molecule has 0 aliphatic carbocycles. The average molecular weight is 313 g/mol. The third-order valence-corrected chi connectivity index (χ3v) is 3.81. The molecule has 0 aliphatic rings. The highest BCUT2D eigenvalue weighted by molar-refractivity contribution is 9.11. The summed E-state index contributed by atoms with van der Waals surface area (Å²) in [6.45, 7) is 1.77. The maximum atomic E-state index is 11.9. The van der Waals surface area contributed by atoms with Gasteiger partial charge < -0.3 is 0 Å². The van der Waals surface area contributed by atoms with E-state index in [0.717, 1.165) is 9.35 Å². The van der Waals surface area contributed by atoms with Crippen LogP contribution in [-0.4, -0.2) is 15.6 Å². The maximum Gasteiger partial charge on any atom is 0.267 e. The number of aryl methyl sites for hydroxylation is 1. The van der Waals surface area contributed by atoms with E-state index in [1.54, 1.807) is 19.2 Å². The van der Waals surface area contributed by atoms with E-state index < -0.39 is 0 Å². The molecule has 0 aromatic carbocycles. The molecule has 17 heavy (non-hydrogen) atoms. The highest BCUT2D eigenvalue weighted by Gasteiger charge is 2.10. The molecule has 6 heteroatoms. The van der Waals surface area contributed by atoms with E-state index in [4.69, 9.17) is 0 Å². The molecule has 0 N–H and O–H groups in total. The van der Waals surface area contributed by atoms with Gasteiger partial charge in [0.2, 0.25) is 0 Å². The summed E-state index contributed by atoms with van der Waals surface area (Å²) >= 11 is 4.64. The van der Waals surface area contributed by atoms with Crippen molar-refractivity contribution in [2.24, 2.45) is 0 Å². The van der Waals surface area contributed by atoms with E-state index >= 15 is 0 Å². The molecule has 0 saturated heterocycles. The third-order valence-electron chi connectivity index (χ3n) is 2.15. The summed E-state index contributed by atoms with van der Waals surface area (Å²) in [6.07, 6.45) is 1.57. The Hall–Kier alpha value is -1.27. The van der Waals surface area contributed by atoms with Gasteiger partial charge >= 0.3 is 0 Å². The van der Waals surface area contributed by atoms with Crippen LogP contribution in [0.15, 0.2) is 33.0 Å². The van der Waals surface area contributed by atoms with Gasteiger partial charge in [-0.25, -0.2) is 4.68 Å². The molecule has 0 fully saturated rings. The predicted octanol–water partition coefficient (Wildman–Crippen LogP) is 2.26. The fourth-order valence-corrected chi connectivity index (χ4v) is 2.64. The lowest BCUT2D eigenvalue weighted by Gasteiger charge is -2.02. The Morgan fingerprint density at radius 3 is 2.88 bits per heavy atom. The van der Waals surface area contributed by atoms with Crippen LogP contribution in [0.3, 0.4) is 0 Å². The number of hydrogen-bond acceptors (Lipinski definition) is 4. The van der Waals surface area contributed by atoms with Crippen molar-refractivity contribution in [1.82, 2.24) is 9.78 Å². The summed E-state index contributed by atoms with van der Waals surface area (Å²) in [5.74, 6) is -0.112. The molecule has 4 nitrogen and oxygen atoms in total. The molecule has 0 bridgehead atoms. The molecular formula is C11H9BrN2O2S. The highest BCUT2D eigenvalue weighted by atomic mass is 79.9. The summed E-state index contributed by atoms with van der Waals surface area (Å²) in [4.78, 5) is 24.0. The molecule has 0 atom stereocenters. The predicted molar refractivity (Wildman–Crippen MR) is 69.6 cm³/mol. The van der Waals surface area contributed by atoms with Gasteiger partial charge in [-0.1, -0.05) is 0 Å². The fourth-order valence-electron chi connectivity index (χ4n) is 1.32. The quantitative estimate of drug-likeness (QED) is 0.817. The minimum Gasteiger partial charge on any atom is -0.291 e. The SMILES string of the molecule is Cc1cnn(CC(=O)c2ccc(Br)s2)c(=O)c1. The molecule has 0 spiro atoms. The van der Waals surface area contributed by atoms with Gasteiger partial charge in [0.15, 0.2) is 5.78 Å². The Morgan fingerprint density at radius 2 is 2.29 bits per heavy atom. The first-order chi connectivity index (χ1) is 8.06. The summed E-state index contributed by atoms with van der Waals surface area (Å²) in [5, 5.41) is 3.93. The topological polar surface area (TPSA) is 52.0 Å². The van der Waals surface area contributed by atoms with Crippen molar-refractivity contribution in [3.05, 3.63) is 49.0 Å². The van der Waals surface area contributed by atoms with E-state index in [2.05, 4.69) is 21.0 Å². The van der Waals surface area contributed by atoms with Crippen molar-refractivity contribution < 1.29 is 4.79 Å². The Labute approximate surface area is 110 Å². The highest BCUT2D eigenvalue weighted by Crippen LogP contribution is 2.22. The van der Waals surface area contributed by atoms with Gasteiger partial charge in [-0.05, 0) is 40.5 Å². The van der Waals surface area contributed by atoms with Gasteiger partial charge in [0.1, 0.15) is 6.54 Å². The second kappa shape index (κ2) is 4.93. The molecule has 2 aromatic heterocycles. The van der Waals surface area contributed by atoms with Gasteiger partial charge in [-0.15, -0.1) is 11.3 Å². The third kappa shape index (κ3) is 2.89. The van der Waals surface area contributed by atoms with Gasteiger partial charge in [0, 0.05) is 6.07 Å². The van der Waals surface area contributed by atoms with Crippen molar-refractivity contribution in [2.45, 2.75) is 13.5 Å². The van der Waals surface area contributed by atoms with E-state index in [9.17, 15) is 9.59 Å². The van der Waals surface area contributed by atoms with E-state index in [1.165, 1.54) is 22.1 Å². The first-order valence-corrected chi connectivity index (χ1v) is 6.49. The number of ketones is 1. The fraction of sp³-hybridized carbons (Fsp3) is 0.182. The van der Waals surface area contributed by atoms with Crippen LogP contribution in [0.1, 0.15) is 15.2 Å². The van der Waals surface area contributed by atoms with Crippen LogP contribution >= 0.6 is 27.3 Å². The van der Waals surface area contributed by atoms with Crippen molar-refractivity contribution in [3.63, 3.8) is 0 Å². The maximum absolute atomic E-state index is 11.9. The van der Waals surface area contributed by atoms with Crippen LogP contribution < -0.4 is 5.56 Å². The van der Waals surface area contributed by atoms with Crippen molar-refractivity contribution >= 4 is 33.0 Å². The van der Waals surface area contributed by atoms with Crippen LogP contribution in [0.4, 0.5) is 0 Å². The standard InChI is InChI=1S/C11H9BrN2O2S/c1-7-4-11(16)14(13-5-7)6-8(15)9-2-3-10(12)17-9/h2-5H,6H2,1H3. The lowest BCUT2D eigenvalue weighted by Crippen LogP contribution is -2.25. The van der Waals surface area contributed by atoms with Crippen LogP contribution in [0.5, 0.6) is 0 Å². The van der Waals surface area contributed by atoms with E-state index in [1.807, 2.05) is 6.07 Å². The zero-order valence-electron chi connectivity index (χ0n) is 9.01. The van der Waals surface area contributed by atoms with Gasteiger partial charge in [0.05, 0.1) is 14.9 Å². The largest absolute Gasteiger partial charge is 0.291 e. The molecular weight excluding hydrogens is 304 g/mol. The normalized spacial score (nSPS) is 10.5. The van der Waals surface area contributed by atoms with Crippen LogP contribution in [0.2, 0.25) is 0 Å². The van der Waals surface area contributed by atoms with Crippen molar-refractivity contribution in [1.29, 1.82) is 0 Å². The number of thiophene rings is 1. The number of hydrogen-bond donors (Lipinski definition) is 0. The summed E-state index contributed by atoms with van der Waals surface area (Å²) in [5.41, 5.74) is 0.534. The first kappa shape index (κ1) is 12.2. The van der Waals surface area contributed by atoms with E-state index in [0.29, 0.717) is 4.88 Å². The van der Waals surface area contributed by atoms with Crippen molar-refractivity contribution in [2.75, 3.05) is 0 Å². The number of Topliss-reactive ketones (excluding diaryl/α,β-unsaturated/α-hetero) is 1. The first-order valence-electron chi connectivity index (χ1n) is 4.88. The summed E-state index contributed by atoms with van der Waals surface area (Å²) in [7, 11) is 0. The van der Waals surface area contributed by atoms with E-state index in [-0.39, 0.29) is 17.9 Å². The molecule has 0 aliphatic heterocycles. The Bertz CT molecular complexity index is 618. The number of aromatic nitrogens is 2. The number of nitrogens with zero attached hydrogens (tertiary/aromatic N) is 2. The van der Waals surface area contributed by atoms with Crippen LogP contribution in [-0.2, 0) is 6.54 Å². The number of carbonyl (C=O) groups excluding carboxylic acids is 1. The monoisotopic (exact) mass is 312 g/mol. The molecule has 0 amide bonds. The van der Waals surface area contributed by atoms with Gasteiger partial charge in [0.25, 0.3) is 5.56 Å². The lowest BCUT2D eigenvalue weighted by atomic mass is 10.3. The van der Waals surface area contributed by atoms with Gasteiger partial charge in [-0.2, -0.15) is 5.10 Å². The molecule has 2 rings (SSSR count). The zero-order valence-corrected chi connectivity index (χ0v) is 11.4. The number of halogens is 1. The Balaban J connectivity index is 2.21. The smallest absolute Gasteiger partial charge is 0.267 e. The molecule has 88 valence electrons. The number of rotatable bonds is 3. The van der Waals surface area contributed by atoms with Crippen LogP contribution in [0, 0.1) is 6.92 Å². The minimum absolute atomic E-state index is 0.0218. The van der Waals surface area contributed by atoms with Gasteiger partial charge in [-0.3, -0.25) is 9.59 Å². The molecule has 0 radical (unpaired) electrons. The lowest BCUT2D eigenvalue weighted by molar-refractivity contribution is 0.0969. The minimum atomic E-state index is -0.256. The second-order valence-electron chi connectivity index (χ2n) is 3.56. The molecule has 0 saturated carbocycles. The van der Waals surface area contributed by atoms with Crippen LogP contribution in [0.25, 0.3) is 0 Å². The molecule has 2 heterocycles. The number of carbonyl (C=O) groups is 1. The summed E-state index contributed by atoms with van der Waals surface area (Å²) in [6, 6.07) is 5.00. The second-order valence-corrected chi connectivity index (χ2v) is 6.02. The zero-order chi connectivity index (χ0) is 12.4. The molecule has 0 unspecified atom stereocenters. The summed E-state index contributed by atoms with van der Waals surface area (Å²) < 4.78 is 2.06. The molecule has 2 aromatic rings. The average Bonchev–Trinajstić information content (AvgIpc) is 2.69. The Morgan fingerprint density at radius 1 is 1.53 bits per heavy atom. The van der Waals surface area contributed by atoms with Crippen molar-refractivity contribution in [3.8, 4) is 0 Å².